The molecule has 2 heterocycles. The Morgan fingerprint density at radius 2 is 1.88 bits per heavy atom. The molecule has 0 bridgehead atoms. The molecule has 0 amide bonds. The molecular weight excluding hydrogens is 328 g/mol. The third-order valence-electron chi connectivity index (χ3n) is 4.52. The highest BCUT2D eigenvalue weighted by molar-refractivity contribution is 7.07. The van der Waals surface area contributed by atoms with Crippen LogP contribution in [-0.4, -0.2) is 14.1 Å². The van der Waals surface area contributed by atoms with E-state index in [1.807, 2.05) is 18.7 Å². The second-order valence-corrected chi connectivity index (χ2v) is 7.05. The first-order valence-corrected chi connectivity index (χ1v) is 9.87. The van der Waals surface area contributed by atoms with Crippen LogP contribution < -0.4 is 4.80 Å². The van der Waals surface area contributed by atoms with Crippen LogP contribution in [0.1, 0.15) is 37.1 Å². The second-order valence-electron chi connectivity index (χ2n) is 6.21. The minimum Gasteiger partial charge on any atom is -0.337 e. The van der Waals surface area contributed by atoms with Crippen LogP contribution in [0.2, 0.25) is 0 Å². The average Bonchev–Trinajstić information content (AvgIpc) is 3.26. The van der Waals surface area contributed by atoms with E-state index in [4.69, 9.17) is 4.99 Å². The van der Waals surface area contributed by atoms with Gasteiger partial charge in [0.15, 0.2) is 4.80 Å². The number of aryl methyl sites for hydroxylation is 4. The largest absolute Gasteiger partial charge is 0.337 e. The maximum atomic E-state index is 5.08. The van der Waals surface area contributed by atoms with E-state index in [0.717, 1.165) is 42.8 Å². The fraction of sp³-hybridized carbons (Fsp3) is 0.400. The molecule has 3 rings (SSSR count). The van der Waals surface area contributed by atoms with Gasteiger partial charge >= 0.3 is 0 Å². The van der Waals surface area contributed by atoms with Crippen LogP contribution >= 0.6 is 11.3 Å². The highest BCUT2D eigenvalue weighted by Gasteiger charge is 2.07. The number of hydrogen-bond donors (Lipinski definition) is 0. The van der Waals surface area contributed by atoms with Crippen LogP contribution in [0.3, 0.4) is 0 Å². The van der Waals surface area contributed by atoms with E-state index in [1.54, 1.807) is 11.3 Å². The summed E-state index contributed by atoms with van der Waals surface area (Å²) in [5.41, 5.74) is 5.10. The SMILES string of the molecule is CCc1cccc(CC)c1N=c1scc(C)n1CCCn1ccnc1. The van der Waals surface area contributed by atoms with Gasteiger partial charge in [0.1, 0.15) is 0 Å². The maximum Gasteiger partial charge on any atom is 0.190 e. The van der Waals surface area contributed by atoms with Crippen molar-refractivity contribution < 1.29 is 0 Å². The van der Waals surface area contributed by atoms with Gasteiger partial charge in [0.2, 0.25) is 0 Å². The molecule has 0 N–H and O–H groups in total. The van der Waals surface area contributed by atoms with Crippen molar-refractivity contribution in [3.8, 4) is 0 Å². The van der Waals surface area contributed by atoms with E-state index < -0.39 is 0 Å². The van der Waals surface area contributed by atoms with Gasteiger partial charge in [-0.15, -0.1) is 11.3 Å². The molecule has 0 unspecified atom stereocenters. The van der Waals surface area contributed by atoms with Crippen LogP contribution in [0.4, 0.5) is 5.69 Å². The van der Waals surface area contributed by atoms with E-state index in [1.165, 1.54) is 16.8 Å². The number of rotatable bonds is 7. The number of aromatic nitrogens is 3. The molecule has 0 aliphatic rings. The summed E-state index contributed by atoms with van der Waals surface area (Å²) in [6.45, 7) is 8.52. The molecule has 0 spiro atoms. The Balaban J connectivity index is 1.89. The third-order valence-corrected chi connectivity index (χ3v) is 5.50. The molecule has 5 heteroatoms. The zero-order valence-corrected chi connectivity index (χ0v) is 16.1. The molecule has 0 aliphatic carbocycles. The summed E-state index contributed by atoms with van der Waals surface area (Å²) in [5.74, 6) is 0. The maximum absolute atomic E-state index is 5.08. The first-order valence-electron chi connectivity index (χ1n) is 8.99. The van der Waals surface area contributed by atoms with Crippen molar-refractivity contribution in [2.45, 2.75) is 53.1 Å². The van der Waals surface area contributed by atoms with Gasteiger partial charge in [-0.25, -0.2) is 9.98 Å². The van der Waals surface area contributed by atoms with Crippen molar-refractivity contribution in [2.24, 2.45) is 4.99 Å². The predicted molar refractivity (Wildman–Crippen MR) is 104 cm³/mol. The van der Waals surface area contributed by atoms with E-state index in [9.17, 15) is 0 Å². The predicted octanol–water partition coefficient (Wildman–Crippen LogP) is 4.50. The van der Waals surface area contributed by atoms with E-state index >= 15 is 0 Å². The molecule has 0 aliphatic heterocycles. The number of benzene rings is 1. The van der Waals surface area contributed by atoms with Crippen molar-refractivity contribution in [3.63, 3.8) is 0 Å². The summed E-state index contributed by atoms with van der Waals surface area (Å²) < 4.78 is 4.47. The molecular formula is C20H26N4S. The normalized spacial score (nSPS) is 12.0. The quantitative estimate of drug-likeness (QED) is 0.615. The lowest BCUT2D eigenvalue weighted by Gasteiger charge is -2.10. The molecule has 4 nitrogen and oxygen atoms in total. The number of nitrogens with zero attached hydrogens (tertiary/aromatic N) is 4. The van der Waals surface area contributed by atoms with E-state index in [2.05, 4.69) is 58.5 Å². The summed E-state index contributed by atoms with van der Waals surface area (Å²) in [6.07, 6.45) is 8.81. The van der Waals surface area contributed by atoms with Crippen molar-refractivity contribution in [1.29, 1.82) is 0 Å². The zero-order chi connectivity index (χ0) is 17.6. The van der Waals surface area contributed by atoms with Gasteiger partial charge in [-0.05, 0) is 37.3 Å². The van der Waals surface area contributed by atoms with E-state index in [-0.39, 0.29) is 0 Å². The summed E-state index contributed by atoms with van der Waals surface area (Å²) in [4.78, 5) is 10.3. The van der Waals surface area contributed by atoms with Crippen molar-refractivity contribution >= 4 is 17.0 Å². The van der Waals surface area contributed by atoms with Crippen LogP contribution in [0.25, 0.3) is 0 Å². The van der Waals surface area contributed by atoms with Gasteiger partial charge in [0.25, 0.3) is 0 Å². The minimum absolute atomic E-state index is 0.974. The number of imidazole rings is 1. The molecule has 0 saturated carbocycles. The molecule has 0 atom stereocenters. The minimum atomic E-state index is 0.974. The number of para-hydroxylation sites is 1. The highest BCUT2D eigenvalue weighted by Crippen LogP contribution is 2.25. The van der Waals surface area contributed by atoms with Crippen molar-refractivity contribution in [1.82, 2.24) is 14.1 Å². The van der Waals surface area contributed by atoms with Crippen LogP contribution in [0.5, 0.6) is 0 Å². The van der Waals surface area contributed by atoms with Gasteiger partial charge in [-0.3, -0.25) is 0 Å². The topological polar surface area (TPSA) is 35.1 Å². The summed E-state index contributed by atoms with van der Waals surface area (Å²) in [6, 6.07) is 6.54. The lowest BCUT2D eigenvalue weighted by Crippen LogP contribution is -2.17. The number of thiazole rings is 1. The monoisotopic (exact) mass is 354 g/mol. The van der Waals surface area contributed by atoms with Gasteiger partial charge in [0, 0.05) is 36.6 Å². The lowest BCUT2D eigenvalue weighted by molar-refractivity contribution is 0.548. The fourth-order valence-corrected chi connectivity index (χ4v) is 3.97. The molecule has 25 heavy (non-hydrogen) atoms. The van der Waals surface area contributed by atoms with Crippen molar-refractivity contribution in [3.05, 3.63) is 63.9 Å². The summed E-state index contributed by atoms with van der Waals surface area (Å²) in [5, 5.41) is 2.20. The Bertz CT molecular complexity index is 849. The van der Waals surface area contributed by atoms with Crippen LogP contribution in [0, 0.1) is 6.92 Å². The van der Waals surface area contributed by atoms with Crippen LogP contribution in [-0.2, 0) is 25.9 Å². The highest BCUT2D eigenvalue weighted by atomic mass is 32.1. The molecule has 1 aromatic carbocycles. The van der Waals surface area contributed by atoms with Gasteiger partial charge in [0.05, 0.1) is 12.0 Å². The van der Waals surface area contributed by atoms with Crippen molar-refractivity contribution in [2.75, 3.05) is 0 Å². The van der Waals surface area contributed by atoms with Gasteiger partial charge in [-0.2, -0.15) is 0 Å². The van der Waals surface area contributed by atoms with Crippen LogP contribution in [0.15, 0.2) is 47.3 Å². The Hall–Kier alpha value is -2.14. The fourth-order valence-electron chi connectivity index (χ4n) is 3.06. The third kappa shape index (κ3) is 4.10. The molecule has 132 valence electrons. The average molecular weight is 355 g/mol. The lowest BCUT2D eigenvalue weighted by atomic mass is 10.0. The Morgan fingerprint density at radius 1 is 1.12 bits per heavy atom. The Labute approximate surface area is 153 Å². The van der Waals surface area contributed by atoms with E-state index in [0.29, 0.717) is 0 Å². The Morgan fingerprint density at radius 3 is 2.52 bits per heavy atom. The first kappa shape index (κ1) is 17.7. The zero-order valence-electron chi connectivity index (χ0n) is 15.3. The molecule has 0 radical (unpaired) electrons. The smallest absolute Gasteiger partial charge is 0.190 e. The molecule has 2 aromatic heterocycles. The summed E-state index contributed by atoms with van der Waals surface area (Å²) in [7, 11) is 0. The Kier molecular flexibility index (Phi) is 5.87. The van der Waals surface area contributed by atoms with Gasteiger partial charge < -0.3 is 9.13 Å². The summed E-state index contributed by atoms with van der Waals surface area (Å²) >= 11 is 1.73. The number of hydrogen-bond acceptors (Lipinski definition) is 3. The standard InChI is InChI=1S/C20H26N4S/c1-4-17-8-6-9-18(5-2)19(17)22-20-24(16(3)14-25-20)12-7-11-23-13-10-21-15-23/h6,8-10,13-15H,4-5,7,11-12H2,1-3H3. The molecule has 3 aromatic rings. The molecule has 0 fully saturated rings. The van der Waals surface area contributed by atoms with Gasteiger partial charge in [-0.1, -0.05) is 32.0 Å². The first-order chi connectivity index (χ1) is 12.2. The second kappa shape index (κ2) is 8.30. The molecule has 0 saturated heterocycles.